The molecule has 0 saturated heterocycles. The Kier molecular flexibility index (Phi) is 3.34. The lowest BCUT2D eigenvalue weighted by atomic mass is 9.99. The molecule has 0 saturated carbocycles. The van der Waals surface area contributed by atoms with Crippen molar-refractivity contribution >= 4 is 0 Å². The van der Waals surface area contributed by atoms with Crippen LogP contribution in [0.1, 0.15) is 30.5 Å². The molecule has 1 aromatic rings. The second-order valence-electron chi connectivity index (χ2n) is 4.07. The molecule has 2 unspecified atom stereocenters. The summed E-state index contributed by atoms with van der Waals surface area (Å²) in [5.41, 5.74) is 2.40. The van der Waals surface area contributed by atoms with Crippen molar-refractivity contribution in [1.29, 1.82) is 0 Å². The Balaban J connectivity index is 2.06. The SMILES string of the molecule is CCNCC(O)C1CCc2cccnc21. The van der Waals surface area contributed by atoms with Crippen molar-refractivity contribution < 1.29 is 5.11 Å². The van der Waals surface area contributed by atoms with E-state index in [1.165, 1.54) is 5.56 Å². The fraction of sp³-hybridized carbons (Fsp3) is 0.583. The maximum absolute atomic E-state index is 10.0. The third-order valence-electron chi connectivity index (χ3n) is 3.07. The zero-order chi connectivity index (χ0) is 10.7. The first-order chi connectivity index (χ1) is 7.33. The lowest BCUT2D eigenvalue weighted by Gasteiger charge is -2.18. The van der Waals surface area contributed by atoms with Gasteiger partial charge in [-0.1, -0.05) is 13.0 Å². The Morgan fingerprint density at radius 2 is 2.53 bits per heavy atom. The van der Waals surface area contributed by atoms with Crippen LogP contribution in [-0.2, 0) is 6.42 Å². The van der Waals surface area contributed by atoms with E-state index in [2.05, 4.69) is 16.4 Å². The fourth-order valence-electron chi connectivity index (χ4n) is 2.25. The first-order valence-corrected chi connectivity index (χ1v) is 5.65. The van der Waals surface area contributed by atoms with Gasteiger partial charge in [-0.2, -0.15) is 0 Å². The maximum atomic E-state index is 10.0. The van der Waals surface area contributed by atoms with Gasteiger partial charge in [-0.15, -0.1) is 0 Å². The molecular weight excluding hydrogens is 188 g/mol. The van der Waals surface area contributed by atoms with E-state index < -0.39 is 0 Å². The second-order valence-corrected chi connectivity index (χ2v) is 4.07. The van der Waals surface area contributed by atoms with Gasteiger partial charge in [-0.3, -0.25) is 4.98 Å². The van der Waals surface area contributed by atoms with Crippen LogP contribution in [0, 0.1) is 0 Å². The smallest absolute Gasteiger partial charge is 0.0748 e. The molecule has 2 rings (SSSR count). The number of aliphatic hydroxyl groups is 1. The summed E-state index contributed by atoms with van der Waals surface area (Å²) < 4.78 is 0. The van der Waals surface area contributed by atoms with Gasteiger partial charge in [-0.05, 0) is 31.0 Å². The van der Waals surface area contributed by atoms with Crippen molar-refractivity contribution in [3.63, 3.8) is 0 Å². The highest BCUT2D eigenvalue weighted by molar-refractivity contribution is 5.29. The fourth-order valence-corrected chi connectivity index (χ4v) is 2.25. The maximum Gasteiger partial charge on any atom is 0.0748 e. The molecule has 3 nitrogen and oxygen atoms in total. The molecule has 0 bridgehead atoms. The van der Waals surface area contributed by atoms with E-state index in [1.54, 1.807) is 0 Å². The minimum Gasteiger partial charge on any atom is -0.391 e. The molecule has 1 heterocycles. The van der Waals surface area contributed by atoms with Crippen LogP contribution < -0.4 is 5.32 Å². The van der Waals surface area contributed by atoms with E-state index in [4.69, 9.17) is 0 Å². The van der Waals surface area contributed by atoms with Crippen LogP contribution in [0.4, 0.5) is 0 Å². The van der Waals surface area contributed by atoms with Gasteiger partial charge in [0, 0.05) is 24.4 Å². The predicted molar refractivity (Wildman–Crippen MR) is 59.8 cm³/mol. The van der Waals surface area contributed by atoms with Crippen LogP contribution >= 0.6 is 0 Å². The summed E-state index contributed by atoms with van der Waals surface area (Å²) in [5, 5.41) is 13.2. The van der Waals surface area contributed by atoms with Gasteiger partial charge in [0.05, 0.1) is 6.10 Å². The van der Waals surface area contributed by atoms with Crippen LogP contribution in [-0.4, -0.2) is 29.3 Å². The van der Waals surface area contributed by atoms with Crippen molar-refractivity contribution in [2.75, 3.05) is 13.1 Å². The molecule has 3 heteroatoms. The minimum atomic E-state index is -0.305. The zero-order valence-electron chi connectivity index (χ0n) is 9.11. The number of likely N-dealkylation sites (N-methyl/N-ethyl adjacent to an activating group) is 1. The Morgan fingerprint density at radius 1 is 1.67 bits per heavy atom. The highest BCUT2D eigenvalue weighted by atomic mass is 16.3. The molecular formula is C12H18N2O. The first kappa shape index (κ1) is 10.6. The van der Waals surface area contributed by atoms with Gasteiger partial charge in [0.1, 0.15) is 0 Å². The van der Waals surface area contributed by atoms with Gasteiger partial charge in [-0.25, -0.2) is 0 Å². The number of nitrogens with one attached hydrogen (secondary N) is 1. The average molecular weight is 206 g/mol. The van der Waals surface area contributed by atoms with Gasteiger partial charge >= 0.3 is 0 Å². The topological polar surface area (TPSA) is 45.1 Å². The standard InChI is InChI=1S/C12H18N2O/c1-2-13-8-11(15)10-6-5-9-4-3-7-14-12(9)10/h3-4,7,10-11,13,15H,2,5-6,8H2,1H3. The summed E-state index contributed by atoms with van der Waals surface area (Å²) in [6, 6.07) is 4.08. The van der Waals surface area contributed by atoms with Gasteiger partial charge in [0.15, 0.2) is 0 Å². The molecule has 1 aliphatic rings. The molecule has 2 N–H and O–H groups in total. The summed E-state index contributed by atoms with van der Waals surface area (Å²) in [5.74, 6) is 0.222. The highest BCUT2D eigenvalue weighted by Gasteiger charge is 2.29. The monoisotopic (exact) mass is 206 g/mol. The van der Waals surface area contributed by atoms with Gasteiger partial charge in [0.2, 0.25) is 0 Å². The summed E-state index contributed by atoms with van der Waals surface area (Å²) in [4.78, 5) is 4.38. The molecule has 0 aliphatic heterocycles. The molecule has 0 amide bonds. The number of hydrogen-bond donors (Lipinski definition) is 2. The Bertz CT molecular complexity index is 327. The van der Waals surface area contributed by atoms with E-state index in [1.807, 2.05) is 19.2 Å². The Morgan fingerprint density at radius 3 is 3.33 bits per heavy atom. The molecule has 0 radical (unpaired) electrons. The van der Waals surface area contributed by atoms with E-state index in [0.29, 0.717) is 6.54 Å². The number of nitrogens with zero attached hydrogens (tertiary/aromatic N) is 1. The summed E-state index contributed by atoms with van der Waals surface area (Å²) in [6.07, 6.45) is 3.59. The van der Waals surface area contributed by atoms with Gasteiger partial charge < -0.3 is 10.4 Å². The van der Waals surface area contributed by atoms with E-state index >= 15 is 0 Å². The molecule has 1 aliphatic carbocycles. The summed E-state index contributed by atoms with van der Waals surface area (Å²) in [7, 11) is 0. The lowest BCUT2D eigenvalue weighted by Crippen LogP contribution is -2.31. The largest absolute Gasteiger partial charge is 0.391 e. The molecule has 0 fully saturated rings. The number of pyridine rings is 1. The minimum absolute atomic E-state index is 0.222. The number of aromatic nitrogens is 1. The molecule has 15 heavy (non-hydrogen) atoms. The number of aliphatic hydroxyl groups excluding tert-OH is 1. The molecule has 1 aromatic heterocycles. The third kappa shape index (κ3) is 2.19. The summed E-state index contributed by atoms with van der Waals surface area (Å²) >= 11 is 0. The first-order valence-electron chi connectivity index (χ1n) is 5.65. The van der Waals surface area contributed by atoms with Gasteiger partial charge in [0.25, 0.3) is 0 Å². The second kappa shape index (κ2) is 4.73. The molecule has 0 spiro atoms. The van der Waals surface area contributed by atoms with Crippen molar-refractivity contribution in [2.45, 2.75) is 31.8 Å². The molecule has 82 valence electrons. The van der Waals surface area contributed by atoms with Crippen molar-refractivity contribution in [3.8, 4) is 0 Å². The zero-order valence-corrected chi connectivity index (χ0v) is 9.11. The van der Waals surface area contributed by atoms with Crippen LogP contribution in [0.3, 0.4) is 0 Å². The average Bonchev–Trinajstić information content (AvgIpc) is 2.69. The molecule has 2 atom stereocenters. The van der Waals surface area contributed by atoms with E-state index in [-0.39, 0.29) is 12.0 Å². The summed E-state index contributed by atoms with van der Waals surface area (Å²) in [6.45, 7) is 3.61. The van der Waals surface area contributed by atoms with Crippen molar-refractivity contribution in [1.82, 2.24) is 10.3 Å². The highest BCUT2D eigenvalue weighted by Crippen LogP contribution is 2.33. The number of hydrogen-bond acceptors (Lipinski definition) is 3. The Labute approximate surface area is 90.5 Å². The van der Waals surface area contributed by atoms with Crippen LogP contribution in [0.15, 0.2) is 18.3 Å². The van der Waals surface area contributed by atoms with Crippen LogP contribution in [0.5, 0.6) is 0 Å². The van der Waals surface area contributed by atoms with E-state index in [0.717, 1.165) is 25.1 Å². The lowest BCUT2D eigenvalue weighted by molar-refractivity contribution is 0.140. The van der Waals surface area contributed by atoms with Crippen molar-refractivity contribution in [2.24, 2.45) is 0 Å². The van der Waals surface area contributed by atoms with Crippen LogP contribution in [0.2, 0.25) is 0 Å². The number of rotatable bonds is 4. The predicted octanol–water partition coefficient (Wildman–Crippen LogP) is 1.08. The Hall–Kier alpha value is -0.930. The van der Waals surface area contributed by atoms with E-state index in [9.17, 15) is 5.11 Å². The quantitative estimate of drug-likeness (QED) is 0.775. The van der Waals surface area contributed by atoms with Crippen LogP contribution in [0.25, 0.3) is 0 Å². The number of aryl methyl sites for hydroxylation is 1. The normalized spacial score (nSPS) is 21.3. The third-order valence-corrected chi connectivity index (χ3v) is 3.07. The molecule has 0 aromatic carbocycles. The number of fused-ring (bicyclic) bond motifs is 1. The van der Waals surface area contributed by atoms with Crippen molar-refractivity contribution in [3.05, 3.63) is 29.6 Å².